The minimum Gasteiger partial charge on any atom is -0.309 e. The molecule has 0 aliphatic carbocycles. The number of aromatic nitrogens is 2. The molecule has 0 aliphatic rings. The fraction of sp³-hybridized carbons (Fsp3) is 0.625. The Bertz CT molecular complexity index is 760. The summed E-state index contributed by atoms with van der Waals surface area (Å²) >= 11 is 1.04. The molecule has 25 heavy (non-hydrogen) atoms. The highest BCUT2D eigenvalue weighted by Crippen LogP contribution is 2.24. The first kappa shape index (κ1) is 20.2. The molecule has 2 rings (SSSR count). The Labute approximate surface area is 154 Å². The standard InChI is InChI=1S/C16H27N5O2S2/c1-19(2)10-6-12-21(13-7-11-20(3)4)25(22,23)15-9-5-8-14-16(15)18-24-17-14/h5,8-9H,6-7,10-13H2,1-4H3. The number of hydrogen-bond acceptors (Lipinski definition) is 7. The molecule has 1 aromatic heterocycles. The minimum atomic E-state index is -3.59. The third-order valence-electron chi connectivity index (χ3n) is 3.89. The van der Waals surface area contributed by atoms with Gasteiger partial charge in [0.1, 0.15) is 15.9 Å². The van der Waals surface area contributed by atoms with Gasteiger partial charge in [0.2, 0.25) is 10.0 Å². The van der Waals surface area contributed by atoms with Gasteiger partial charge in [-0.25, -0.2) is 8.42 Å². The highest BCUT2D eigenvalue weighted by Gasteiger charge is 2.27. The van der Waals surface area contributed by atoms with Gasteiger partial charge in [0, 0.05) is 13.1 Å². The zero-order chi connectivity index (χ0) is 18.4. The number of sulfonamides is 1. The summed E-state index contributed by atoms with van der Waals surface area (Å²) in [5, 5.41) is 0. The van der Waals surface area contributed by atoms with Gasteiger partial charge < -0.3 is 9.80 Å². The van der Waals surface area contributed by atoms with Crippen LogP contribution < -0.4 is 0 Å². The lowest BCUT2D eigenvalue weighted by Crippen LogP contribution is -2.35. The first-order valence-electron chi connectivity index (χ1n) is 8.33. The molecule has 140 valence electrons. The molecule has 0 spiro atoms. The highest BCUT2D eigenvalue weighted by atomic mass is 32.2. The zero-order valence-electron chi connectivity index (χ0n) is 15.3. The molecule has 0 unspecified atom stereocenters. The second-order valence-corrected chi connectivity index (χ2v) is 9.04. The molecule has 0 N–H and O–H groups in total. The van der Waals surface area contributed by atoms with Crippen LogP contribution in [0.1, 0.15) is 12.8 Å². The topological polar surface area (TPSA) is 69.6 Å². The minimum absolute atomic E-state index is 0.258. The van der Waals surface area contributed by atoms with Crippen LogP contribution in [0.2, 0.25) is 0 Å². The van der Waals surface area contributed by atoms with Crippen LogP contribution in [0.15, 0.2) is 23.1 Å². The van der Waals surface area contributed by atoms with Gasteiger partial charge in [0.15, 0.2) is 0 Å². The average Bonchev–Trinajstić information content (AvgIpc) is 3.01. The lowest BCUT2D eigenvalue weighted by Gasteiger charge is -2.24. The molecule has 9 heteroatoms. The smallest absolute Gasteiger partial charge is 0.245 e. The quantitative estimate of drug-likeness (QED) is 0.619. The third kappa shape index (κ3) is 5.42. The number of nitrogens with zero attached hydrogens (tertiary/aromatic N) is 5. The fourth-order valence-electron chi connectivity index (χ4n) is 2.61. The van der Waals surface area contributed by atoms with E-state index in [1.807, 2.05) is 28.2 Å². The SMILES string of the molecule is CN(C)CCCN(CCCN(C)C)S(=O)(=O)c1cccc2nsnc12. The van der Waals surface area contributed by atoms with E-state index < -0.39 is 10.0 Å². The van der Waals surface area contributed by atoms with E-state index in [4.69, 9.17) is 0 Å². The summed E-state index contributed by atoms with van der Waals surface area (Å²) in [6.07, 6.45) is 1.58. The number of hydrogen-bond donors (Lipinski definition) is 0. The normalized spacial score (nSPS) is 12.8. The first-order chi connectivity index (χ1) is 11.8. The van der Waals surface area contributed by atoms with E-state index in [-0.39, 0.29) is 4.90 Å². The van der Waals surface area contributed by atoms with Crippen LogP contribution in [-0.2, 0) is 10.0 Å². The predicted molar refractivity (Wildman–Crippen MR) is 103 cm³/mol. The lowest BCUT2D eigenvalue weighted by atomic mass is 10.3. The van der Waals surface area contributed by atoms with Gasteiger partial charge in [-0.15, -0.1) is 0 Å². The van der Waals surface area contributed by atoms with Crippen LogP contribution >= 0.6 is 11.7 Å². The fourth-order valence-corrected chi connectivity index (χ4v) is 4.88. The molecule has 7 nitrogen and oxygen atoms in total. The summed E-state index contributed by atoms with van der Waals surface area (Å²) in [5.74, 6) is 0. The van der Waals surface area contributed by atoms with Crippen molar-refractivity contribution in [3.05, 3.63) is 18.2 Å². The van der Waals surface area contributed by atoms with Crippen molar-refractivity contribution in [3.8, 4) is 0 Å². The van der Waals surface area contributed by atoms with Crippen LogP contribution in [-0.4, -0.2) is 85.6 Å². The lowest BCUT2D eigenvalue weighted by molar-refractivity contribution is 0.327. The van der Waals surface area contributed by atoms with Gasteiger partial charge in [0.25, 0.3) is 0 Å². The van der Waals surface area contributed by atoms with Crippen molar-refractivity contribution in [1.82, 2.24) is 22.9 Å². The number of fused-ring (bicyclic) bond motifs is 1. The average molecular weight is 386 g/mol. The monoisotopic (exact) mass is 385 g/mol. The summed E-state index contributed by atoms with van der Waals surface area (Å²) in [4.78, 5) is 4.39. The van der Waals surface area contributed by atoms with Crippen molar-refractivity contribution < 1.29 is 8.42 Å². The second kappa shape index (κ2) is 9.00. The molecule has 0 fully saturated rings. The number of benzene rings is 1. The molecule has 2 aromatic rings. The van der Waals surface area contributed by atoms with Crippen molar-refractivity contribution in [3.63, 3.8) is 0 Å². The van der Waals surface area contributed by atoms with Gasteiger partial charge in [-0.3, -0.25) is 0 Å². The van der Waals surface area contributed by atoms with E-state index in [0.717, 1.165) is 37.7 Å². The van der Waals surface area contributed by atoms with Crippen molar-refractivity contribution >= 4 is 32.8 Å². The van der Waals surface area contributed by atoms with Crippen LogP contribution in [0.3, 0.4) is 0 Å². The van der Waals surface area contributed by atoms with Gasteiger partial charge in [-0.2, -0.15) is 13.1 Å². The molecule has 0 saturated carbocycles. The van der Waals surface area contributed by atoms with E-state index in [9.17, 15) is 8.42 Å². The van der Waals surface area contributed by atoms with E-state index in [0.29, 0.717) is 24.1 Å². The molecule has 1 heterocycles. The Morgan fingerprint density at radius 1 is 0.920 bits per heavy atom. The van der Waals surface area contributed by atoms with E-state index in [1.165, 1.54) is 0 Å². The van der Waals surface area contributed by atoms with E-state index in [1.54, 1.807) is 22.5 Å². The highest BCUT2D eigenvalue weighted by molar-refractivity contribution is 7.89. The maximum absolute atomic E-state index is 13.2. The molecule has 0 saturated heterocycles. The second-order valence-electron chi connectivity index (χ2n) is 6.61. The van der Waals surface area contributed by atoms with Gasteiger partial charge >= 0.3 is 0 Å². The largest absolute Gasteiger partial charge is 0.309 e. The molecule has 0 radical (unpaired) electrons. The van der Waals surface area contributed by atoms with Crippen molar-refractivity contribution in [2.75, 3.05) is 54.4 Å². The van der Waals surface area contributed by atoms with Gasteiger partial charge in [-0.1, -0.05) is 6.07 Å². The van der Waals surface area contributed by atoms with Crippen LogP contribution in [0.5, 0.6) is 0 Å². The molecule has 0 amide bonds. The predicted octanol–water partition coefficient (Wildman–Crippen LogP) is 1.59. The summed E-state index contributed by atoms with van der Waals surface area (Å²) in [6.45, 7) is 2.70. The van der Waals surface area contributed by atoms with Crippen LogP contribution in [0.4, 0.5) is 0 Å². The molecule has 1 aromatic carbocycles. The Hall–Kier alpha value is -1.13. The molecular formula is C16H27N5O2S2. The van der Waals surface area contributed by atoms with Crippen LogP contribution in [0.25, 0.3) is 11.0 Å². The van der Waals surface area contributed by atoms with Gasteiger partial charge in [-0.05, 0) is 66.3 Å². The first-order valence-corrected chi connectivity index (χ1v) is 10.5. The number of rotatable bonds is 10. The van der Waals surface area contributed by atoms with E-state index in [2.05, 4.69) is 18.5 Å². The Balaban J connectivity index is 2.24. The summed E-state index contributed by atoms with van der Waals surface area (Å²) < 4.78 is 36.4. The van der Waals surface area contributed by atoms with Crippen LogP contribution in [0, 0.1) is 0 Å². The maximum Gasteiger partial charge on any atom is 0.245 e. The van der Waals surface area contributed by atoms with Crippen molar-refractivity contribution in [1.29, 1.82) is 0 Å². The van der Waals surface area contributed by atoms with Crippen molar-refractivity contribution in [2.45, 2.75) is 17.7 Å². The molecule has 0 aliphatic heterocycles. The molecule has 0 bridgehead atoms. The van der Waals surface area contributed by atoms with Crippen molar-refractivity contribution in [2.24, 2.45) is 0 Å². The van der Waals surface area contributed by atoms with E-state index >= 15 is 0 Å². The molecule has 0 atom stereocenters. The maximum atomic E-state index is 13.2. The van der Waals surface area contributed by atoms with Gasteiger partial charge in [0.05, 0.1) is 11.7 Å². The Morgan fingerprint density at radius 2 is 1.52 bits per heavy atom. The zero-order valence-corrected chi connectivity index (χ0v) is 17.0. The summed E-state index contributed by atoms with van der Waals surface area (Å²) in [5.41, 5.74) is 1.10. The third-order valence-corrected chi connectivity index (χ3v) is 6.37. The summed E-state index contributed by atoms with van der Waals surface area (Å²) in [6, 6.07) is 5.15. The molecular weight excluding hydrogens is 358 g/mol. The summed E-state index contributed by atoms with van der Waals surface area (Å²) in [7, 11) is 4.38. The Kier molecular flexibility index (Phi) is 7.26. The Morgan fingerprint density at radius 3 is 2.08 bits per heavy atom.